The summed E-state index contributed by atoms with van der Waals surface area (Å²) in [5.41, 5.74) is 0.394. The fraction of sp³-hybridized carbons (Fsp3) is 0.143. The monoisotopic (exact) mass is 396 g/mol. The summed E-state index contributed by atoms with van der Waals surface area (Å²) in [6.07, 6.45) is 1.37. The van der Waals surface area contributed by atoms with Crippen LogP contribution in [0.1, 0.15) is 5.56 Å². The second kappa shape index (κ2) is 8.39. The van der Waals surface area contributed by atoms with Crippen molar-refractivity contribution < 1.29 is 33.6 Å². The maximum atomic E-state index is 12.6. The molecule has 0 fully saturated rings. The second-order valence-corrected chi connectivity index (χ2v) is 5.87. The number of carbonyl (C=O) groups is 2. The molecule has 2 aromatic rings. The molecule has 2 aromatic carbocycles. The average Bonchev–Trinajstić information content (AvgIpc) is 3.03. The number of carbonyl (C=O) groups excluding carboxylic acids is 2. The van der Waals surface area contributed by atoms with Crippen molar-refractivity contribution in [2.45, 2.75) is 0 Å². The number of benzene rings is 2. The van der Waals surface area contributed by atoms with Gasteiger partial charge < -0.3 is 34.2 Å². The van der Waals surface area contributed by atoms with Crippen molar-refractivity contribution >= 4 is 23.5 Å². The molecule has 0 amide bonds. The van der Waals surface area contributed by atoms with E-state index in [0.717, 1.165) is 0 Å². The number of para-hydroxylation sites is 1. The molecule has 0 bridgehead atoms. The maximum Gasteiger partial charge on any atom is 0.235 e. The van der Waals surface area contributed by atoms with Crippen molar-refractivity contribution in [2.75, 3.05) is 26.6 Å². The van der Waals surface area contributed by atoms with Gasteiger partial charge in [-0.2, -0.15) is 0 Å². The number of hydrogen-bond donors (Lipinski definition) is 1. The highest BCUT2D eigenvalue weighted by Gasteiger charge is 2.32. The number of anilines is 1. The van der Waals surface area contributed by atoms with Gasteiger partial charge in [-0.25, -0.2) is 0 Å². The van der Waals surface area contributed by atoms with Crippen LogP contribution in [0.3, 0.4) is 0 Å². The van der Waals surface area contributed by atoms with Crippen LogP contribution in [0, 0.1) is 0 Å². The number of ketones is 1. The molecule has 8 nitrogen and oxygen atoms in total. The number of carboxylic acid groups (broad SMARTS) is 1. The first-order valence-electron chi connectivity index (χ1n) is 8.50. The predicted molar refractivity (Wildman–Crippen MR) is 102 cm³/mol. The third kappa shape index (κ3) is 4.01. The molecule has 0 spiro atoms. The van der Waals surface area contributed by atoms with E-state index in [4.69, 9.17) is 18.9 Å². The van der Waals surface area contributed by atoms with Crippen LogP contribution in [0.15, 0.2) is 59.7 Å². The number of allylic oxidation sites excluding steroid dienone is 1. The van der Waals surface area contributed by atoms with Crippen molar-refractivity contribution in [3.05, 3.63) is 65.2 Å². The van der Waals surface area contributed by atoms with Crippen LogP contribution in [-0.2, 0) is 14.3 Å². The van der Waals surface area contributed by atoms with Gasteiger partial charge in [0.05, 0.1) is 27.3 Å². The van der Waals surface area contributed by atoms with E-state index in [9.17, 15) is 14.7 Å². The van der Waals surface area contributed by atoms with Gasteiger partial charge >= 0.3 is 0 Å². The van der Waals surface area contributed by atoms with Gasteiger partial charge in [-0.15, -0.1) is 0 Å². The first-order valence-corrected chi connectivity index (χ1v) is 8.50. The van der Waals surface area contributed by atoms with Crippen molar-refractivity contribution in [1.29, 1.82) is 0 Å². The highest BCUT2D eigenvalue weighted by molar-refractivity contribution is 6.25. The van der Waals surface area contributed by atoms with E-state index in [0.29, 0.717) is 28.5 Å². The summed E-state index contributed by atoms with van der Waals surface area (Å²) in [5, 5.41) is 14.3. The van der Waals surface area contributed by atoms with Crippen LogP contribution in [0.5, 0.6) is 17.2 Å². The summed E-state index contributed by atoms with van der Waals surface area (Å²) in [6, 6.07) is 11.9. The molecule has 3 rings (SSSR count). The molecule has 0 unspecified atom stereocenters. The summed E-state index contributed by atoms with van der Waals surface area (Å²) in [6.45, 7) is 0. The molecule has 29 heavy (non-hydrogen) atoms. The van der Waals surface area contributed by atoms with E-state index in [1.165, 1.54) is 27.4 Å². The standard InChI is InChI=1S/C21H19NO7/c1-26-14-11-16(28-3)15(27-2)9-12(14)10-17-19(23)18(21(24)25)20(29-17)22-13-7-5-4-6-8-13/h4-11,22H,1-3H3,(H,24,25)/p-1/b17-10-. The molecule has 1 N–H and O–H groups in total. The molecule has 1 heterocycles. The Morgan fingerprint density at radius 3 is 2.21 bits per heavy atom. The maximum absolute atomic E-state index is 12.6. The minimum Gasteiger partial charge on any atom is -0.544 e. The van der Waals surface area contributed by atoms with Crippen LogP contribution < -0.4 is 24.6 Å². The zero-order chi connectivity index (χ0) is 21.0. The zero-order valence-electron chi connectivity index (χ0n) is 16.0. The summed E-state index contributed by atoms with van der Waals surface area (Å²) >= 11 is 0. The number of ether oxygens (including phenoxy) is 4. The van der Waals surface area contributed by atoms with Crippen LogP contribution >= 0.6 is 0 Å². The zero-order valence-corrected chi connectivity index (χ0v) is 16.0. The van der Waals surface area contributed by atoms with E-state index in [2.05, 4.69) is 5.32 Å². The lowest BCUT2D eigenvalue weighted by molar-refractivity contribution is -0.298. The van der Waals surface area contributed by atoms with Crippen LogP contribution in [-0.4, -0.2) is 33.1 Å². The number of aliphatic carboxylic acids is 1. The molecule has 150 valence electrons. The smallest absolute Gasteiger partial charge is 0.235 e. The molecular weight excluding hydrogens is 378 g/mol. The van der Waals surface area contributed by atoms with Gasteiger partial charge in [0.15, 0.2) is 17.3 Å². The van der Waals surface area contributed by atoms with E-state index >= 15 is 0 Å². The number of rotatable bonds is 7. The molecule has 8 heteroatoms. The fourth-order valence-corrected chi connectivity index (χ4v) is 2.76. The van der Waals surface area contributed by atoms with Gasteiger partial charge in [0.25, 0.3) is 0 Å². The van der Waals surface area contributed by atoms with Gasteiger partial charge in [0.1, 0.15) is 11.3 Å². The van der Waals surface area contributed by atoms with E-state index in [1.54, 1.807) is 42.5 Å². The third-order valence-corrected chi connectivity index (χ3v) is 4.15. The van der Waals surface area contributed by atoms with Crippen LogP contribution in [0.2, 0.25) is 0 Å². The van der Waals surface area contributed by atoms with Crippen molar-refractivity contribution in [3.63, 3.8) is 0 Å². The SMILES string of the molecule is COc1cc(OC)c(OC)cc1/C=C1\OC(Nc2ccccc2)=C(C(=O)[O-])C1=O. The average molecular weight is 396 g/mol. The van der Waals surface area contributed by atoms with Gasteiger partial charge in [-0.3, -0.25) is 4.79 Å². The molecular formula is C21H18NO7-. The lowest BCUT2D eigenvalue weighted by atomic mass is 10.1. The van der Waals surface area contributed by atoms with E-state index < -0.39 is 17.3 Å². The molecule has 0 saturated carbocycles. The molecule has 0 radical (unpaired) electrons. The number of carboxylic acids is 1. The Morgan fingerprint density at radius 2 is 1.62 bits per heavy atom. The van der Waals surface area contributed by atoms with E-state index in [-0.39, 0.29) is 11.6 Å². The van der Waals surface area contributed by atoms with Gasteiger partial charge in [0, 0.05) is 17.3 Å². The summed E-state index contributed by atoms with van der Waals surface area (Å²) < 4.78 is 21.3. The summed E-state index contributed by atoms with van der Waals surface area (Å²) in [4.78, 5) is 24.1. The lowest BCUT2D eigenvalue weighted by Crippen LogP contribution is -2.28. The molecule has 0 aromatic heterocycles. The first kappa shape index (κ1) is 19.8. The topological polar surface area (TPSA) is 106 Å². The summed E-state index contributed by atoms with van der Waals surface area (Å²) in [5.74, 6) is -1.66. The Morgan fingerprint density at radius 1 is 1.00 bits per heavy atom. The third-order valence-electron chi connectivity index (χ3n) is 4.15. The predicted octanol–water partition coefficient (Wildman–Crippen LogP) is 1.73. The van der Waals surface area contributed by atoms with Crippen molar-refractivity contribution in [3.8, 4) is 17.2 Å². The molecule has 1 aliphatic heterocycles. The number of nitrogens with one attached hydrogen (secondary N) is 1. The highest BCUT2D eigenvalue weighted by Crippen LogP contribution is 2.37. The number of methoxy groups -OCH3 is 3. The molecule has 0 saturated heterocycles. The van der Waals surface area contributed by atoms with Crippen LogP contribution in [0.25, 0.3) is 6.08 Å². The minimum atomic E-state index is -1.64. The van der Waals surface area contributed by atoms with Gasteiger partial charge in [0.2, 0.25) is 11.7 Å². The minimum absolute atomic E-state index is 0.201. The normalized spacial score (nSPS) is 14.6. The fourth-order valence-electron chi connectivity index (χ4n) is 2.76. The van der Waals surface area contributed by atoms with E-state index in [1.807, 2.05) is 0 Å². The Hall–Kier alpha value is -3.94. The van der Waals surface area contributed by atoms with Crippen LogP contribution in [0.4, 0.5) is 5.69 Å². The number of hydrogen-bond acceptors (Lipinski definition) is 8. The lowest BCUT2D eigenvalue weighted by Gasteiger charge is -2.12. The Labute approximate surface area is 167 Å². The largest absolute Gasteiger partial charge is 0.544 e. The molecule has 1 aliphatic rings. The Kier molecular flexibility index (Phi) is 5.73. The highest BCUT2D eigenvalue weighted by atomic mass is 16.5. The molecule has 0 atom stereocenters. The second-order valence-electron chi connectivity index (χ2n) is 5.87. The van der Waals surface area contributed by atoms with Gasteiger partial charge in [-0.05, 0) is 24.3 Å². The Balaban J connectivity index is 2.00. The summed E-state index contributed by atoms with van der Waals surface area (Å²) in [7, 11) is 4.40. The number of Topliss-reactive ketones (excluding diaryl/α,β-unsaturated/α-hetero) is 1. The van der Waals surface area contributed by atoms with Crippen molar-refractivity contribution in [1.82, 2.24) is 0 Å². The quantitative estimate of drug-likeness (QED) is 0.557. The first-order chi connectivity index (χ1) is 14.0. The Bertz CT molecular complexity index is 1010. The van der Waals surface area contributed by atoms with Crippen molar-refractivity contribution in [2.24, 2.45) is 0 Å². The van der Waals surface area contributed by atoms with Gasteiger partial charge in [-0.1, -0.05) is 18.2 Å². The molecule has 0 aliphatic carbocycles.